The fraction of sp³-hybridized carbons (Fsp3) is 0.269. The summed E-state index contributed by atoms with van der Waals surface area (Å²) >= 11 is 0. The van der Waals surface area contributed by atoms with Gasteiger partial charge in [0.2, 0.25) is 0 Å². The molecule has 168 valence electrons. The number of hydrogen-bond acceptors (Lipinski definition) is 6. The monoisotopic (exact) mass is 441 g/mol. The van der Waals surface area contributed by atoms with Gasteiger partial charge in [-0.15, -0.1) is 0 Å². The first-order valence-electron chi connectivity index (χ1n) is 11.1. The zero-order valence-corrected chi connectivity index (χ0v) is 18.4. The van der Waals surface area contributed by atoms with E-state index in [4.69, 9.17) is 15.2 Å². The standard InChI is InChI=1S/C26H27N5O2/c1-18-21(14-32-12-19-8-4-2-5-9-19)22(15-33-13-20-10-6-3-7-11-20)24(18)31-17-30-23-25(27)28-16-29-26(23)31/h2-11,16-17,21-22,24H,1,12-15H2,(H2,27,28,29)/t21-,22+,24+/m1/s1. The smallest absolute Gasteiger partial charge is 0.165 e. The molecular weight excluding hydrogens is 414 g/mol. The van der Waals surface area contributed by atoms with Gasteiger partial charge >= 0.3 is 0 Å². The van der Waals surface area contributed by atoms with E-state index in [2.05, 4.69) is 45.8 Å². The van der Waals surface area contributed by atoms with Gasteiger partial charge in [-0.3, -0.25) is 0 Å². The van der Waals surface area contributed by atoms with Crippen molar-refractivity contribution in [1.29, 1.82) is 0 Å². The Morgan fingerprint density at radius 3 is 2.15 bits per heavy atom. The van der Waals surface area contributed by atoms with E-state index in [0.717, 1.165) is 16.7 Å². The van der Waals surface area contributed by atoms with Gasteiger partial charge in [0.05, 0.1) is 38.8 Å². The number of nitrogens with two attached hydrogens (primary N) is 1. The zero-order chi connectivity index (χ0) is 22.6. The molecular formula is C26H27N5O2. The third-order valence-electron chi connectivity index (χ3n) is 6.30. The van der Waals surface area contributed by atoms with E-state index in [0.29, 0.717) is 43.4 Å². The molecule has 1 aliphatic rings. The van der Waals surface area contributed by atoms with E-state index in [1.165, 1.54) is 6.33 Å². The van der Waals surface area contributed by atoms with Gasteiger partial charge < -0.3 is 19.8 Å². The summed E-state index contributed by atoms with van der Waals surface area (Å²) in [6.45, 7) is 6.70. The van der Waals surface area contributed by atoms with Gasteiger partial charge in [0.15, 0.2) is 11.5 Å². The molecule has 0 saturated heterocycles. The highest BCUT2D eigenvalue weighted by Crippen LogP contribution is 2.49. The van der Waals surface area contributed by atoms with Gasteiger partial charge in [0.25, 0.3) is 0 Å². The van der Waals surface area contributed by atoms with Crippen molar-refractivity contribution in [3.05, 3.63) is 96.6 Å². The molecule has 5 rings (SSSR count). The predicted octanol–water partition coefficient (Wildman–Crippen LogP) is 4.19. The van der Waals surface area contributed by atoms with Crippen LogP contribution in [0.25, 0.3) is 11.2 Å². The first kappa shape index (κ1) is 21.3. The fourth-order valence-corrected chi connectivity index (χ4v) is 4.53. The lowest BCUT2D eigenvalue weighted by molar-refractivity contribution is -0.0163. The molecule has 2 heterocycles. The Morgan fingerprint density at radius 1 is 0.848 bits per heavy atom. The van der Waals surface area contributed by atoms with Crippen molar-refractivity contribution in [2.24, 2.45) is 11.8 Å². The van der Waals surface area contributed by atoms with Crippen molar-refractivity contribution in [2.45, 2.75) is 19.3 Å². The molecule has 7 nitrogen and oxygen atoms in total. The summed E-state index contributed by atoms with van der Waals surface area (Å²) in [4.78, 5) is 12.9. The Bertz CT molecular complexity index is 1230. The maximum absolute atomic E-state index is 6.14. The highest BCUT2D eigenvalue weighted by molar-refractivity contribution is 5.81. The quantitative estimate of drug-likeness (QED) is 0.392. The molecule has 2 aromatic carbocycles. The maximum Gasteiger partial charge on any atom is 0.165 e. The first-order chi connectivity index (χ1) is 16.2. The number of fused-ring (bicyclic) bond motifs is 1. The van der Waals surface area contributed by atoms with Crippen LogP contribution >= 0.6 is 0 Å². The van der Waals surface area contributed by atoms with Crippen LogP contribution < -0.4 is 5.73 Å². The lowest BCUT2D eigenvalue weighted by atomic mass is 9.66. The molecule has 0 unspecified atom stereocenters. The van der Waals surface area contributed by atoms with E-state index in [1.807, 2.05) is 41.0 Å². The highest BCUT2D eigenvalue weighted by atomic mass is 16.5. The fourth-order valence-electron chi connectivity index (χ4n) is 4.53. The van der Waals surface area contributed by atoms with Crippen molar-refractivity contribution in [3.63, 3.8) is 0 Å². The van der Waals surface area contributed by atoms with Crippen LogP contribution in [0.4, 0.5) is 5.82 Å². The van der Waals surface area contributed by atoms with Gasteiger partial charge in [-0.1, -0.05) is 67.2 Å². The van der Waals surface area contributed by atoms with E-state index >= 15 is 0 Å². The van der Waals surface area contributed by atoms with Crippen LogP contribution in [0.3, 0.4) is 0 Å². The summed E-state index contributed by atoms with van der Waals surface area (Å²) in [6, 6.07) is 20.4. The Balaban J connectivity index is 1.31. The summed E-state index contributed by atoms with van der Waals surface area (Å²) in [5.41, 5.74) is 10.7. The van der Waals surface area contributed by atoms with E-state index in [-0.39, 0.29) is 17.9 Å². The molecule has 0 aliphatic heterocycles. The average Bonchev–Trinajstić information content (AvgIpc) is 3.27. The minimum absolute atomic E-state index is 0.0189. The number of benzene rings is 2. The van der Waals surface area contributed by atoms with Crippen molar-refractivity contribution < 1.29 is 9.47 Å². The number of imidazole rings is 1. The van der Waals surface area contributed by atoms with Crippen molar-refractivity contribution in [3.8, 4) is 0 Å². The second-order valence-corrected chi connectivity index (χ2v) is 8.37. The van der Waals surface area contributed by atoms with Crippen LogP contribution in [0.5, 0.6) is 0 Å². The van der Waals surface area contributed by atoms with Crippen LogP contribution in [0.1, 0.15) is 17.2 Å². The normalized spacial score (nSPS) is 20.1. The maximum atomic E-state index is 6.14. The van der Waals surface area contributed by atoms with Gasteiger partial charge in [-0.05, 0) is 16.7 Å². The summed E-state index contributed by atoms with van der Waals surface area (Å²) in [7, 11) is 0. The van der Waals surface area contributed by atoms with Gasteiger partial charge in [0.1, 0.15) is 11.8 Å². The van der Waals surface area contributed by atoms with Crippen molar-refractivity contribution in [1.82, 2.24) is 19.5 Å². The second-order valence-electron chi connectivity index (χ2n) is 8.37. The molecule has 0 bridgehead atoms. The van der Waals surface area contributed by atoms with Crippen LogP contribution in [0.2, 0.25) is 0 Å². The topological polar surface area (TPSA) is 88.1 Å². The lowest BCUT2D eigenvalue weighted by Gasteiger charge is -2.47. The number of ether oxygens (including phenoxy) is 2. The summed E-state index contributed by atoms with van der Waals surface area (Å²) < 4.78 is 14.3. The molecule has 1 fully saturated rings. The third-order valence-corrected chi connectivity index (χ3v) is 6.30. The number of aromatic nitrogens is 4. The molecule has 1 aliphatic carbocycles. The molecule has 7 heteroatoms. The second kappa shape index (κ2) is 9.52. The minimum atomic E-state index is 0.0189. The number of nitrogens with zero attached hydrogens (tertiary/aromatic N) is 4. The molecule has 0 spiro atoms. The molecule has 3 atom stereocenters. The Hall–Kier alpha value is -3.55. The van der Waals surface area contributed by atoms with E-state index in [1.54, 1.807) is 6.33 Å². The number of anilines is 1. The van der Waals surface area contributed by atoms with E-state index in [9.17, 15) is 0 Å². The third kappa shape index (κ3) is 4.37. The molecule has 33 heavy (non-hydrogen) atoms. The molecule has 0 radical (unpaired) electrons. The van der Waals surface area contributed by atoms with Crippen LogP contribution in [0.15, 0.2) is 85.5 Å². The number of rotatable bonds is 9. The minimum Gasteiger partial charge on any atom is -0.382 e. The number of hydrogen-bond donors (Lipinski definition) is 1. The van der Waals surface area contributed by atoms with Gasteiger partial charge in [-0.25, -0.2) is 15.0 Å². The van der Waals surface area contributed by atoms with E-state index < -0.39 is 0 Å². The van der Waals surface area contributed by atoms with Crippen LogP contribution in [0, 0.1) is 11.8 Å². The summed E-state index contributed by atoms with van der Waals surface area (Å²) in [6.07, 6.45) is 3.25. The van der Waals surface area contributed by atoms with Crippen molar-refractivity contribution in [2.75, 3.05) is 18.9 Å². The van der Waals surface area contributed by atoms with Crippen LogP contribution in [-0.4, -0.2) is 32.7 Å². The summed E-state index contributed by atoms with van der Waals surface area (Å²) in [5.74, 6) is 0.750. The molecule has 2 aromatic heterocycles. The molecule has 0 amide bonds. The van der Waals surface area contributed by atoms with Crippen LogP contribution in [-0.2, 0) is 22.7 Å². The zero-order valence-electron chi connectivity index (χ0n) is 18.4. The molecule has 4 aromatic rings. The predicted molar refractivity (Wildman–Crippen MR) is 127 cm³/mol. The van der Waals surface area contributed by atoms with Gasteiger partial charge in [0, 0.05) is 11.8 Å². The first-order valence-corrected chi connectivity index (χ1v) is 11.1. The Kier molecular flexibility index (Phi) is 6.15. The van der Waals surface area contributed by atoms with Gasteiger partial charge in [-0.2, -0.15) is 0 Å². The molecule has 1 saturated carbocycles. The highest BCUT2D eigenvalue weighted by Gasteiger charge is 2.46. The Morgan fingerprint density at radius 2 is 1.48 bits per heavy atom. The largest absolute Gasteiger partial charge is 0.382 e. The SMILES string of the molecule is C=C1[C@@H](COCc2ccccc2)[C@H](COCc2ccccc2)[C@H]1n1cnc2c(N)ncnc21. The Labute approximate surface area is 192 Å². The molecule has 2 N–H and O–H groups in total. The summed E-state index contributed by atoms with van der Waals surface area (Å²) in [5, 5.41) is 0. The van der Waals surface area contributed by atoms with Crippen molar-refractivity contribution >= 4 is 17.0 Å². The lowest BCUT2D eigenvalue weighted by Crippen LogP contribution is -2.45. The average molecular weight is 442 g/mol. The number of nitrogen functional groups attached to an aromatic ring is 1.